The summed E-state index contributed by atoms with van der Waals surface area (Å²) in [6, 6.07) is 13.0. The lowest BCUT2D eigenvalue weighted by Crippen LogP contribution is -2.42. The monoisotopic (exact) mass is 300 g/mol. The molecule has 1 fully saturated rings. The van der Waals surface area contributed by atoms with Crippen LogP contribution >= 0.6 is 0 Å². The minimum Gasteiger partial charge on any atom is -0.468 e. The van der Waals surface area contributed by atoms with Gasteiger partial charge in [-0.25, -0.2) is 0 Å². The molecule has 2 heterocycles. The van der Waals surface area contributed by atoms with Crippen molar-refractivity contribution in [2.75, 3.05) is 32.8 Å². The Bertz CT molecular complexity index is 545. The number of nitrogens with one attached hydrogen (secondary N) is 1. The third-order valence-electron chi connectivity index (χ3n) is 4.15. The van der Waals surface area contributed by atoms with E-state index in [1.807, 2.05) is 6.07 Å². The van der Waals surface area contributed by atoms with Gasteiger partial charge in [0.05, 0.1) is 25.5 Å². The summed E-state index contributed by atoms with van der Waals surface area (Å²) in [7, 11) is 0. The van der Waals surface area contributed by atoms with Gasteiger partial charge in [0.2, 0.25) is 0 Å². The number of nitrogens with zero attached hydrogens (tertiary/aromatic N) is 1. The molecule has 1 atom stereocenters. The van der Waals surface area contributed by atoms with Gasteiger partial charge in [-0.3, -0.25) is 4.90 Å². The van der Waals surface area contributed by atoms with Crippen molar-refractivity contribution < 1.29 is 9.15 Å². The SMILES string of the molecule is Cc1ccc(CNCC(c2ccco2)N2CCOCC2)cc1. The zero-order valence-corrected chi connectivity index (χ0v) is 13.1. The van der Waals surface area contributed by atoms with Crippen molar-refractivity contribution >= 4 is 0 Å². The molecule has 1 saturated heterocycles. The van der Waals surface area contributed by atoms with Crippen LogP contribution < -0.4 is 5.32 Å². The highest BCUT2D eigenvalue weighted by atomic mass is 16.5. The first kappa shape index (κ1) is 15.3. The van der Waals surface area contributed by atoms with E-state index in [4.69, 9.17) is 9.15 Å². The first-order valence-electron chi connectivity index (χ1n) is 7.94. The van der Waals surface area contributed by atoms with Crippen molar-refractivity contribution in [1.82, 2.24) is 10.2 Å². The van der Waals surface area contributed by atoms with Crippen LogP contribution in [0.2, 0.25) is 0 Å². The van der Waals surface area contributed by atoms with Crippen LogP contribution in [0.3, 0.4) is 0 Å². The normalized spacial score (nSPS) is 17.5. The van der Waals surface area contributed by atoms with Gasteiger partial charge >= 0.3 is 0 Å². The Kier molecular flexibility index (Phi) is 5.27. The number of rotatable bonds is 6. The lowest BCUT2D eigenvalue weighted by atomic mass is 10.1. The highest BCUT2D eigenvalue weighted by molar-refractivity contribution is 5.21. The summed E-state index contributed by atoms with van der Waals surface area (Å²) in [6.45, 7) is 7.38. The lowest BCUT2D eigenvalue weighted by Gasteiger charge is -2.33. The molecule has 2 aromatic rings. The first-order chi connectivity index (χ1) is 10.8. The molecule has 3 rings (SSSR count). The molecule has 0 radical (unpaired) electrons. The molecule has 1 aromatic carbocycles. The van der Waals surface area contributed by atoms with Gasteiger partial charge in [0.15, 0.2) is 0 Å². The van der Waals surface area contributed by atoms with Crippen molar-refractivity contribution in [3.05, 3.63) is 59.5 Å². The highest BCUT2D eigenvalue weighted by Gasteiger charge is 2.24. The fraction of sp³-hybridized carbons (Fsp3) is 0.444. The minimum absolute atomic E-state index is 0.268. The van der Waals surface area contributed by atoms with Gasteiger partial charge in [-0.1, -0.05) is 29.8 Å². The summed E-state index contributed by atoms with van der Waals surface area (Å²) in [5.74, 6) is 1.03. The Balaban J connectivity index is 1.59. The molecule has 1 N–H and O–H groups in total. The second-order valence-electron chi connectivity index (χ2n) is 5.80. The Morgan fingerprint density at radius 1 is 1.14 bits per heavy atom. The Hall–Kier alpha value is -1.62. The number of morpholine rings is 1. The van der Waals surface area contributed by atoms with Crippen LogP contribution in [0.4, 0.5) is 0 Å². The third-order valence-corrected chi connectivity index (χ3v) is 4.15. The van der Waals surface area contributed by atoms with Gasteiger partial charge in [0.25, 0.3) is 0 Å². The largest absolute Gasteiger partial charge is 0.468 e. The topological polar surface area (TPSA) is 37.6 Å². The Labute approximate surface area is 132 Å². The molecule has 0 spiro atoms. The average molecular weight is 300 g/mol. The summed E-state index contributed by atoms with van der Waals surface area (Å²) < 4.78 is 11.1. The molecule has 4 nitrogen and oxygen atoms in total. The zero-order chi connectivity index (χ0) is 15.2. The van der Waals surface area contributed by atoms with Gasteiger partial charge in [-0.2, -0.15) is 0 Å². The van der Waals surface area contributed by atoms with E-state index >= 15 is 0 Å². The maximum Gasteiger partial charge on any atom is 0.122 e. The van der Waals surface area contributed by atoms with Crippen molar-refractivity contribution in [3.63, 3.8) is 0 Å². The fourth-order valence-electron chi connectivity index (χ4n) is 2.84. The van der Waals surface area contributed by atoms with Crippen LogP contribution in [0.15, 0.2) is 47.1 Å². The van der Waals surface area contributed by atoms with Gasteiger partial charge in [0.1, 0.15) is 5.76 Å². The number of hydrogen-bond donors (Lipinski definition) is 1. The second kappa shape index (κ2) is 7.58. The van der Waals surface area contributed by atoms with Crippen LogP contribution in [0.5, 0.6) is 0 Å². The average Bonchev–Trinajstić information content (AvgIpc) is 3.08. The number of ether oxygens (including phenoxy) is 1. The molecule has 0 aliphatic carbocycles. The Morgan fingerprint density at radius 2 is 1.91 bits per heavy atom. The predicted molar refractivity (Wildman–Crippen MR) is 86.7 cm³/mol. The summed E-state index contributed by atoms with van der Waals surface area (Å²) in [6.07, 6.45) is 1.75. The number of aryl methyl sites for hydroxylation is 1. The van der Waals surface area contributed by atoms with Crippen molar-refractivity contribution in [2.24, 2.45) is 0 Å². The van der Waals surface area contributed by atoms with Crippen LogP contribution in [-0.4, -0.2) is 37.7 Å². The molecule has 0 bridgehead atoms. The van der Waals surface area contributed by atoms with E-state index in [0.717, 1.165) is 45.2 Å². The third kappa shape index (κ3) is 3.97. The molecule has 1 unspecified atom stereocenters. The molecule has 118 valence electrons. The fourth-order valence-corrected chi connectivity index (χ4v) is 2.84. The van der Waals surface area contributed by atoms with Crippen molar-refractivity contribution in [2.45, 2.75) is 19.5 Å². The molecule has 1 aliphatic rings. The minimum atomic E-state index is 0.268. The number of benzene rings is 1. The summed E-state index contributed by atoms with van der Waals surface area (Å²) in [4.78, 5) is 2.43. The maximum absolute atomic E-state index is 5.64. The zero-order valence-electron chi connectivity index (χ0n) is 13.1. The van der Waals surface area contributed by atoms with Crippen LogP contribution in [0.1, 0.15) is 22.9 Å². The Morgan fingerprint density at radius 3 is 2.59 bits per heavy atom. The van der Waals surface area contributed by atoms with Crippen LogP contribution in [0.25, 0.3) is 0 Å². The van der Waals surface area contributed by atoms with Gasteiger partial charge in [0, 0.05) is 26.2 Å². The lowest BCUT2D eigenvalue weighted by molar-refractivity contribution is 0.0116. The molecule has 1 aromatic heterocycles. The van der Waals surface area contributed by atoms with E-state index in [1.54, 1.807) is 6.26 Å². The van der Waals surface area contributed by atoms with E-state index in [0.29, 0.717) is 0 Å². The highest BCUT2D eigenvalue weighted by Crippen LogP contribution is 2.21. The van der Waals surface area contributed by atoms with Crippen LogP contribution in [-0.2, 0) is 11.3 Å². The number of furan rings is 1. The number of hydrogen-bond acceptors (Lipinski definition) is 4. The molecule has 1 aliphatic heterocycles. The molecule has 0 amide bonds. The quantitative estimate of drug-likeness (QED) is 0.890. The van der Waals surface area contributed by atoms with Gasteiger partial charge < -0.3 is 14.5 Å². The molecular formula is C18H24N2O2. The van der Waals surface area contributed by atoms with E-state index in [-0.39, 0.29) is 6.04 Å². The predicted octanol–water partition coefficient (Wildman–Crippen LogP) is 2.75. The molecule has 0 saturated carbocycles. The molecule has 22 heavy (non-hydrogen) atoms. The van der Waals surface area contributed by atoms with Crippen molar-refractivity contribution in [1.29, 1.82) is 0 Å². The molecular weight excluding hydrogens is 276 g/mol. The summed E-state index contributed by atoms with van der Waals surface area (Å²) in [5, 5.41) is 3.56. The standard InChI is InChI=1S/C18H24N2O2/c1-15-4-6-16(7-5-15)13-19-14-17(18-3-2-10-22-18)20-8-11-21-12-9-20/h2-7,10,17,19H,8-9,11-14H2,1H3. The van der Waals surface area contributed by atoms with Gasteiger partial charge in [-0.05, 0) is 24.6 Å². The molecule has 4 heteroatoms. The maximum atomic E-state index is 5.64. The van der Waals surface area contributed by atoms with Crippen LogP contribution in [0, 0.1) is 6.92 Å². The van der Waals surface area contributed by atoms with E-state index in [1.165, 1.54) is 11.1 Å². The smallest absolute Gasteiger partial charge is 0.122 e. The summed E-state index contributed by atoms with van der Waals surface area (Å²) >= 11 is 0. The summed E-state index contributed by atoms with van der Waals surface area (Å²) in [5.41, 5.74) is 2.61. The van der Waals surface area contributed by atoms with E-state index in [9.17, 15) is 0 Å². The first-order valence-corrected chi connectivity index (χ1v) is 7.94. The second-order valence-corrected chi connectivity index (χ2v) is 5.80. The van der Waals surface area contributed by atoms with Crippen molar-refractivity contribution in [3.8, 4) is 0 Å². The van der Waals surface area contributed by atoms with Gasteiger partial charge in [-0.15, -0.1) is 0 Å². The van der Waals surface area contributed by atoms with E-state index < -0.39 is 0 Å². The van der Waals surface area contributed by atoms with E-state index in [2.05, 4.69) is 47.5 Å².